The minimum atomic E-state index is 0.728. The maximum Gasteiger partial charge on any atom is 0.184 e. The zero-order chi connectivity index (χ0) is 10.5. The van der Waals surface area contributed by atoms with E-state index in [2.05, 4.69) is 33.4 Å². The Hall–Kier alpha value is -2.29. The number of benzene rings is 1. The van der Waals surface area contributed by atoms with Crippen molar-refractivity contribution in [1.29, 1.82) is 0 Å². The van der Waals surface area contributed by atoms with E-state index in [1.54, 1.807) is 6.20 Å². The van der Waals surface area contributed by atoms with Crippen LogP contribution in [0.25, 0.3) is 32.7 Å². The summed E-state index contributed by atoms with van der Waals surface area (Å²) < 4.78 is 0. The number of rotatable bonds is 0. The Morgan fingerprint density at radius 2 is 1.56 bits per heavy atom. The number of hydrogen-bond acceptors (Lipinski definition) is 3. The van der Waals surface area contributed by atoms with Crippen molar-refractivity contribution in [2.24, 2.45) is 0 Å². The summed E-state index contributed by atoms with van der Waals surface area (Å²) >= 11 is 0. The highest BCUT2D eigenvalue weighted by molar-refractivity contribution is 6.27. The first-order valence-corrected chi connectivity index (χ1v) is 5.16. The second-order valence-electron chi connectivity index (χ2n) is 3.84. The van der Waals surface area contributed by atoms with Crippen molar-refractivity contribution < 1.29 is 0 Å². The molecule has 2 aromatic heterocycles. The van der Waals surface area contributed by atoms with E-state index in [4.69, 9.17) is 0 Å². The highest BCUT2D eigenvalue weighted by Gasteiger charge is 2.13. The predicted molar refractivity (Wildman–Crippen MR) is 63.5 cm³/mol. The molecule has 0 saturated heterocycles. The molecule has 3 heteroatoms. The van der Waals surface area contributed by atoms with E-state index >= 15 is 0 Å². The van der Waals surface area contributed by atoms with E-state index in [0.717, 1.165) is 21.9 Å². The van der Waals surface area contributed by atoms with Crippen LogP contribution >= 0.6 is 0 Å². The van der Waals surface area contributed by atoms with Crippen LogP contribution in [0.5, 0.6) is 0 Å². The minimum Gasteiger partial charge on any atom is -0.235 e. The first-order valence-electron chi connectivity index (χ1n) is 5.16. The average Bonchev–Trinajstić information content (AvgIpc) is 2.77. The molecule has 0 unspecified atom stereocenters. The van der Waals surface area contributed by atoms with Crippen molar-refractivity contribution >= 4 is 32.7 Å². The summed E-state index contributed by atoms with van der Waals surface area (Å²) in [5.41, 5.74) is 1.69. The second kappa shape index (κ2) is 2.64. The zero-order valence-corrected chi connectivity index (χ0v) is 8.38. The fraction of sp³-hybridized carbons (Fsp3) is 0. The molecule has 4 aromatic rings. The summed E-state index contributed by atoms with van der Waals surface area (Å²) in [5, 5.41) is 13.0. The fourth-order valence-corrected chi connectivity index (χ4v) is 2.32. The van der Waals surface area contributed by atoms with Gasteiger partial charge in [-0.25, -0.2) is 4.98 Å². The molecule has 74 valence electrons. The molecular formula is C13H7N3. The zero-order valence-electron chi connectivity index (χ0n) is 8.38. The van der Waals surface area contributed by atoms with Gasteiger partial charge in [-0.3, -0.25) is 0 Å². The standard InChI is InChI=1S/C13H7N3/c1-2-5-10-8(4-1)9-6-3-7-14-13-11(9)12(10)15-16-13/h1-7H. The maximum absolute atomic E-state index is 4.27. The van der Waals surface area contributed by atoms with Gasteiger partial charge in [0.25, 0.3) is 0 Å². The normalized spacial score (nSPS) is 11.8. The van der Waals surface area contributed by atoms with Crippen molar-refractivity contribution in [3.05, 3.63) is 42.6 Å². The lowest BCUT2D eigenvalue weighted by Gasteiger charge is -1.87. The number of hydrogen-bond donors (Lipinski definition) is 0. The Kier molecular flexibility index (Phi) is 1.31. The van der Waals surface area contributed by atoms with Crippen LogP contribution in [-0.4, -0.2) is 15.2 Å². The van der Waals surface area contributed by atoms with Gasteiger partial charge in [-0.1, -0.05) is 30.3 Å². The fourth-order valence-electron chi connectivity index (χ4n) is 2.32. The van der Waals surface area contributed by atoms with E-state index in [0.29, 0.717) is 0 Å². The van der Waals surface area contributed by atoms with Gasteiger partial charge in [0.1, 0.15) is 5.52 Å². The van der Waals surface area contributed by atoms with Gasteiger partial charge in [0, 0.05) is 11.6 Å². The summed E-state index contributed by atoms with van der Waals surface area (Å²) in [6, 6.07) is 12.3. The maximum atomic E-state index is 4.27. The Morgan fingerprint density at radius 3 is 2.50 bits per heavy atom. The Bertz CT molecular complexity index is 802. The van der Waals surface area contributed by atoms with Crippen LogP contribution in [0.1, 0.15) is 0 Å². The number of aromatic nitrogens is 3. The van der Waals surface area contributed by atoms with Crippen LogP contribution < -0.4 is 0 Å². The molecule has 0 aliphatic rings. The third-order valence-corrected chi connectivity index (χ3v) is 2.99. The van der Waals surface area contributed by atoms with Gasteiger partial charge in [-0.2, -0.15) is 0 Å². The Morgan fingerprint density at radius 1 is 0.750 bits per heavy atom. The van der Waals surface area contributed by atoms with Crippen LogP contribution in [0.4, 0.5) is 0 Å². The van der Waals surface area contributed by atoms with Gasteiger partial charge < -0.3 is 0 Å². The second-order valence-corrected chi connectivity index (χ2v) is 3.84. The molecule has 2 aromatic carbocycles. The SMILES string of the molecule is c1ccc2c(c1)c1cccnc3nnc2c31. The lowest BCUT2D eigenvalue weighted by atomic mass is 10.2. The molecule has 16 heavy (non-hydrogen) atoms. The predicted octanol–water partition coefficient (Wildman–Crippen LogP) is 2.77. The van der Waals surface area contributed by atoms with Gasteiger partial charge in [0.15, 0.2) is 5.65 Å². The highest BCUT2D eigenvalue weighted by atomic mass is 15.1. The Balaban J connectivity index is 2.51. The largest absolute Gasteiger partial charge is 0.235 e. The van der Waals surface area contributed by atoms with Gasteiger partial charge in [-0.15, -0.1) is 10.2 Å². The molecule has 0 aliphatic carbocycles. The van der Waals surface area contributed by atoms with Gasteiger partial charge >= 0.3 is 0 Å². The molecule has 3 nitrogen and oxygen atoms in total. The lowest BCUT2D eigenvalue weighted by molar-refractivity contribution is 1.13. The molecule has 0 fully saturated rings. The first-order chi connectivity index (χ1) is 7.95. The summed E-state index contributed by atoms with van der Waals surface area (Å²) in [4.78, 5) is 4.27. The molecule has 0 atom stereocenters. The third kappa shape index (κ3) is 0.810. The molecular weight excluding hydrogens is 198 g/mol. The van der Waals surface area contributed by atoms with E-state index in [-0.39, 0.29) is 0 Å². The lowest BCUT2D eigenvalue weighted by Crippen LogP contribution is -1.70. The summed E-state index contributed by atoms with van der Waals surface area (Å²) in [6.45, 7) is 0. The molecule has 0 radical (unpaired) electrons. The number of fused-ring (bicyclic) bond motifs is 3. The summed E-state index contributed by atoms with van der Waals surface area (Å²) in [6.07, 6.45) is 1.76. The molecule has 0 bridgehead atoms. The molecule has 0 amide bonds. The van der Waals surface area contributed by atoms with Gasteiger partial charge in [0.2, 0.25) is 0 Å². The molecule has 2 heterocycles. The average molecular weight is 205 g/mol. The van der Waals surface area contributed by atoms with Crippen LogP contribution in [0.3, 0.4) is 0 Å². The monoisotopic (exact) mass is 205 g/mol. The molecule has 0 aliphatic heterocycles. The third-order valence-electron chi connectivity index (χ3n) is 2.99. The van der Waals surface area contributed by atoms with Crippen LogP contribution in [0.15, 0.2) is 42.6 Å². The Labute approximate surface area is 91.1 Å². The van der Waals surface area contributed by atoms with Gasteiger partial charge in [-0.05, 0) is 16.8 Å². The van der Waals surface area contributed by atoms with E-state index < -0.39 is 0 Å². The van der Waals surface area contributed by atoms with E-state index in [1.165, 1.54) is 10.8 Å². The van der Waals surface area contributed by atoms with Crippen LogP contribution in [-0.2, 0) is 0 Å². The van der Waals surface area contributed by atoms with Crippen LogP contribution in [0, 0.1) is 0 Å². The molecule has 0 saturated carbocycles. The van der Waals surface area contributed by atoms with Crippen molar-refractivity contribution in [2.75, 3.05) is 0 Å². The molecule has 0 N–H and O–H groups in total. The highest BCUT2D eigenvalue weighted by Crippen LogP contribution is 2.34. The first kappa shape index (κ1) is 7.93. The quantitative estimate of drug-likeness (QED) is 0.443. The van der Waals surface area contributed by atoms with E-state index in [9.17, 15) is 0 Å². The van der Waals surface area contributed by atoms with Crippen molar-refractivity contribution in [3.63, 3.8) is 0 Å². The minimum absolute atomic E-state index is 0.728. The summed E-state index contributed by atoms with van der Waals surface area (Å²) in [7, 11) is 0. The van der Waals surface area contributed by atoms with Crippen LogP contribution in [0.2, 0.25) is 0 Å². The molecule has 4 rings (SSSR count). The topological polar surface area (TPSA) is 38.7 Å². The smallest absolute Gasteiger partial charge is 0.184 e. The van der Waals surface area contributed by atoms with Crippen molar-refractivity contribution in [2.45, 2.75) is 0 Å². The van der Waals surface area contributed by atoms with Gasteiger partial charge in [0.05, 0.1) is 5.39 Å². The van der Waals surface area contributed by atoms with E-state index in [1.807, 2.05) is 18.2 Å². The number of nitrogens with zero attached hydrogens (tertiary/aromatic N) is 3. The summed E-state index contributed by atoms with van der Waals surface area (Å²) in [5.74, 6) is 0. The van der Waals surface area contributed by atoms with Crippen molar-refractivity contribution in [1.82, 2.24) is 15.2 Å². The molecule has 0 spiro atoms. The van der Waals surface area contributed by atoms with Crippen molar-refractivity contribution in [3.8, 4) is 0 Å².